The maximum Gasteiger partial charge on any atom is 0.133 e. The first-order valence-corrected chi connectivity index (χ1v) is 10.4. The molecule has 0 radical (unpaired) electrons. The van der Waals surface area contributed by atoms with Crippen LogP contribution in [0, 0.1) is 13.8 Å². The summed E-state index contributed by atoms with van der Waals surface area (Å²) in [6.45, 7) is 12.6. The lowest BCUT2D eigenvalue weighted by Gasteiger charge is -2.38. The lowest BCUT2D eigenvalue weighted by atomic mass is 10.2. The van der Waals surface area contributed by atoms with E-state index in [1.165, 1.54) is 5.70 Å². The third-order valence-electron chi connectivity index (χ3n) is 5.91. The highest BCUT2D eigenvalue weighted by Gasteiger charge is 2.22. The van der Waals surface area contributed by atoms with Gasteiger partial charge >= 0.3 is 0 Å². The van der Waals surface area contributed by atoms with Crippen LogP contribution in [0.3, 0.4) is 0 Å². The Bertz CT molecular complexity index is 1060. The molecule has 0 bridgehead atoms. The summed E-state index contributed by atoms with van der Waals surface area (Å²) in [5.74, 6) is 0.974. The molecule has 0 N–H and O–H groups in total. The standard InChI is InChI=1S/C22H27N7/c1-4-26-9-11-27(12-10-26)18-5-6-22-24-19(7-8-28(22)15-18)20-13-21-17(3)23-16(2)14-29(21)25-20/h5-7,13-15H,4,8-12H2,1-3H3. The van der Waals surface area contributed by atoms with Gasteiger partial charge in [-0.3, -0.25) is 4.98 Å². The van der Waals surface area contributed by atoms with Gasteiger partial charge in [0.1, 0.15) is 11.5 Å². The fourth-order valence-electron chi connectivity index (χ4n) is 4.21. The molecular formula is C22H27N7. The minimum Gasteiger partial charge on any atom is -0.368 e. The van der Waals surface area contributed by atoms with Gasteiger partial charge in [0.2, 0.25) is 0 Å². The molecule has 2 aromatic rings. The molecule has 0 atom stereocenters. The minimum absolute atomic E-state index is 0.807. The van der Waals surface area contributed by atoms with Crippen molar-refractivity contribution >= 4 is 17.0 Å². The summed E-state index contributed by atoms with van der Waals surface area (Å²) in [5.41, 5.74) is 6.08. The lowest BCUT2D eigenvalue weighted by molar-refractivity contribution is 0.167. The van der Waals surface area contributed by atoms with Crippen LogP contribution in [0.2, 0.25) is 0 Å². The zero-order chi connectivity index (χ0) is 20.0. The fraction of sp³-hybridized carbons (Fsp3) is 0.409. The second-order valence-electron chi connectivity index (χ2n) is 7.85. The first-order valence-electron chi connectivity index (χ1n) is 10.4. The number of aromatic nitrogens is 3. The molecule has 0 aliphatic carbocycles. The van der Waals surface area contributed by atoms with E-state index >= 15 is 0 Å². The summed E-state index contributed by atoms with van der Waals surface area (Å²) in [4.78, 5) is 16.6. The largest absolute Gasteiger partial charge is 0.368 e. The van der Waals surface area contributed by atoms with Gasteiger partial charge in [-0.1, -0.05) is 6.92 Å². The van der Waals surface area contributed by atoms with E-state index in [2.05, 4.69) is 57.1 Å². The molecule has 7 nitrogen and oxygen atoms in total. The van der Waals surface area contributed by atoms with E-state index in [0.717, 1.165) is 73.4 Å². The van der Waals surface area contributed by atoms with E-state index < -0.39 is 0 Å². The number of allylic oxidation sites excluding steroid dienone is 1. The first-order chi connectivity index (χ1) is 14.1. The number of nitrogens with zero attached hydrogens (tertiary/aromatic N) is 7. The lowest BCUT2D eigenvalue weighted by Crippen LogP contribution is -2.46. The van der Waals surface area contributed by atoms with E-state index in [-0.39, 0.29) is 0 Å². The molecule has 0 saturated carbocycles. The summed E-state index contributed by atoms with van der Waals surface area (Å²) in [5, 5.41) is 4.73. The molecule has 5 rings (SSSR count). The van der Waals surface area contributed by atoms with Crippen LogP contribution in [0.5, 0.6) is 0 Å². The highest BCUT2D eigenvalue weighted by molar-refractivity contribution is 6.00. The van der Waals surface area contributed by atoms with Crippen molar-refractivity contribution in [3.8, 4) is 0 Å². The van der Waals surface area contributed by atoms with E-state index in [9.17, 15) is 0 Å². The van der Waals surface area contributed by atoms with Gasteiger partial charge in [-0.25, -0.2) is 9.51 Å². The topological polar surface area (TPSA) is 52.3 Å². The van der Waals surface area contributed by atoms with E-state index in [1.54, 1.807) is 0 Å². The number of aliphatic imine (C=N–C) groups is 1. The van der Waals surface area contributed by atoms with Crippen molar-refractivity contribution in [3.63, 3.8) is 0 Å². The Kier molecular flexibility index (Phi) is 4.47. The minimum atomic E-state index is 0.807. The monoisotopic (exact) mass is 389 g/mol. The molecule has 0 amide bonds. The maximum absolute atomic E-state index is 4.88. The Morgan fingerprint density at radius 2 is 1.90 bits per heavy atom. The van der Waals surface area contributed by atoms with Gasteiger partial charge in [-0.2, -0.15) is 5.10 Å². The van der Waals surface area contributed by atoms with E-state index in [0.29, 0.717) is 0 Å². The Balaban J connectivity index is 1.35. The molecule has 0 spiro atoms. The number of piperazine rings is 1. The smallest absolute Gasteiger partial charge is 0.133 e. The van der Waals surface area contributed by atoms with Crippen molar-refractivity contribution in [2.45, 2.75) is 20.8 Å². The molecule has 1 saturated heterocycles. The van der Waals surface area contributed by atoms with Crippen molar-refractivity contribution in [3.05, 3.63) is 59.5 Å². The molecule has 150 valence electrons. The SMILES string of the molecule is CCN1CCN(C2=CN3CC=C(c4cc5c(C)nc(C)cn5n4)N=C3C=C2)CC1. The molecule has 1 fully saturated rings. The summed E-state index contributed by atoms with van der Waals surface area (Å²) >= 11 is 0. The van der Waals surface area contributed by atoms with E-state index in [4.69, 9.17) is 10.1 Å². The molecule has 5 heterocycles. The predicted octanol–water partition coefficient (Wildman–Crippen LogP) is 2.45. The van der Waals surface area contributed by atoms with Crippen LogP contribution in [0.15, 0.2) is 47.4 Å². The van der Waals surface area contributed by atoms with Crippen LogP contribution in [-0.4, -0.2) is 74.4 Å². The van der Waals surface area contributed by atoms with Crippen LogP contribution in [0.25, 0.3) is 11.2 Å². The van der Waals surface area contributed by atoms with Gasteiger partial charge in [0.25, 0.3) is 0 Å². The summed E-state index contributed by atoms with van der Waals surface area (Å²) in [6, 6.07) is 2.08. The normalized spacial score (nSPS) is 19.9. The molecule has 0 aromatic carbocycles. The molecular weight excluding hydrogens is 362 g/mol. The zero-order valence-corrected chi connectivity index (χ0v) is 17.3. The highest BCUT2D eigenvalue weighted by Crippen LogP contribution is 2.25. The van der Waals surface area contributed by atoms with Gasteiger partial charge in [0.15, 0.2) is 0 Å². The molecule has 0 unspecified atom stereocenters. The molecule has 3 aliphatic rings. The number of hydrogen-bond acceptors (Lipinski definition) is 6. The number of aryl methyl sites for hydroxylation is 2. The first kappa shape index (κ1) is 18.1. The predicted molar refractivity (Wildman–Crippen MR) is 115 cm³/mol. The van der Waals surface area contributed by atoms with Gasteiger partial charge < -0.3 is 14.7 Å². The van der Waals surface area contributed by atoms with Crippen LogP contribution in [0.1, 0.15) is 24.0 Å². The van der Waals surface area contributed by atoms with Crippen molar-refractivity contribution < 1.29 is 0 Å². The van der Waals surface area contributed by atoms with Gasteiger partial charge in [-0.05, 0) is 44.7 Å². The Morgan fingerprint density at radius 3 is 2.69 bits per heavy atom. The number of amidine groups is 1. The second-order valence-corrected chi connectivity index (χ2v) is 7.85. The quantitative estimate of drug-likeness (QED) is 0.807. The molecule has 2 aromatic heterocycles. The number of hydrogen-bond donors (Lipinski definition) is 0. The van der Waals surface area contributed by atoms with Gasteiger partial charge in [0, 0.05) is 38.9 Å². The maximum atomic E-state index is 4.88. The van der Waals surface area contributed by atoms with Crippen molar-refractivity contribution in [1.82, 2.24) is 29.3 Å². The summed E-state index contributed by atoms with van der Waals surface area (Å²) < 4.78 is 1.91. The molecule has 3 aliphatic heterocycles. The van der Waals surface area contributed by atoms with Crippen LogP contribution in [-0.2, 0) is 0 Å². The zero-order valence-electron chi connectivity index (χ0n) is 17.3. The summed E-state index contributed by atoms with van der Waals surface area (Å²) in [6.07, 6.45) is 10.7. The highest BCUT2D eigenvalue weighted by atomic mass is 15.3. The molecule has 7 heteroatoms. The summed E-state index contributed by atoms with van der Waals surface area (Å²) in [7, 11) is 0. The van der Waals surface area contributed by atoms with Crippen LogP contribution < -0.4 is 0 Å². The number of likely N-dealkylation sites (N-methyl/N-ethyl adjacent to an activating group) is 1. The van der Waals surface area contributed by atoms with Gasteiger partial charge in [0.05, 0.1) is 34.5 Å². The Hall–Kier alpha value is -2.93. The van der Waals surface area contributed by atoms with Crippen molar-refractivity contribution in [2.75, 3.05) is 39.3 Å². The van der Waals surface area contributed by atoms with Crippen molar-refractivity contribution in [2.24, 2.45) is 4.99 Å². The number of rotatable bonds is 3. The Morgan fingerprint density at radius 1 is 1.07 bits per heavy atom. The number of fused-ring (bicyclic) bond motifs is 2. The van der Waals surface area contributed by atoms with E-state index in [1.807, 2.05) is 24.6 Å². The average molecular weight is 390 g/mol. The third-order valence-corrected chi connectivity index (χ3v) is 5.91. The van der Waals surface area contributed by atoms with Gasteiger partial charge in [-0.15, -0.1) is 0 Å². The van der Waals surface area contributed by atoms with Crippen molar-refractivity contribution in [1.29, 1.82) is 0 Å². The van der Waals surface area contributed by atoms with Crippen LogP contribution in [0.4, 0.5) is 0 Å². The van der Waals surface area contributed by atoms with Crippen LogP contribution >= 0.6 is 0 Å². The average Bonchev–Trinajstić information content (AvgIpc) is 3.17. The second kappa shape index (κ2) is 7.15. The molecule has 29 heavy (non-hydrogen) atoms. The fourth-order valence-corrected chi connectivity index (χ4v) is 4.21. The third kappa shape index (κ3) is 3.35. The Labute approximate surface area is 171 Å².